The van der Waals surface area contributed by atoms with E-state index in [9.17, 15) is 24.0 Å². The van der Waals surface area contributed by atoms with Gasteiger partial charge in [0.25, 0.3) is 23.9 Å². The zero-order valence-corrected chi connectivity index (χ0v) is 65.1. The van der Waals surface area contributed by atoms with Crippen molar-refractivity contribution in [2.24, 2.45) is 0 Å². The van der Waals surface area contributed by atoms with Crippen LogP contribution in [0.1, 0.15) is 98.9 Å². The maximum absolute atomic E-state index is 12.2. The largest absolute Gasteiger partial charge is 1.00 e. The third kappa shape index (κ3) is 39.0. The minimum atomic E-state index is -1.59. The Morgan fingerprint density at radius 3 is 1.39 bits per heavy atom. The van der Waals surface area contributed by atoms with Crippen LogP contribution < -0.4 is 106 Å². The number of aromatic nitrogens is 11. The van der Waals surface area contributed by atoms with Gasteiger partial charge in [-0.25, -0.2) is 19.3 Å². The number of nitrogens with two attached hydrogens (primary N) is 1. The number of ketones is 1. The van der Waals surface area contributed by atoms with Crippen LogP contribution in [-0.4, -0.2) is 142 Å². The van der Waals surface area contributed by atoms with Crippen LogP contribution in [0, 0.1) is 0 Å². The summed E-state index contributed by atoms with van der Waals surface area (Å²) in [5.74, 6) is 2.72. The average Bonchev–Trinajstić information content (AvgIpc) is 1.59. The third-order valence-corrected chi connectivity index (χ3v) is 11.5. The molecule has 0 aliphatic carbocycles. The number of ether oxygens (including phenoxy) is 3. The number of carboxylic acid groups (broad SMARTS) is 2. The van der Waals surface area contributed by atoms with Gasteiger partial charge in [-0.1, -0.05) is 42.2 Å². The SMILES string of the molecule is C.CC(=O)O.CC(=O)OB(OC(C)=O)OC(C)=O.CC(=O)[O-].CC(C)=O.CC(C)Nc1ccn[nH]1.COc1ccc2c(=O)cc(-n3ccc(NC(C)C)n3)[nH]c2c1.COc1ccc2c(Cl)cc(-n3ccc(NC(C)C)n3)nc2c1.COc1ccc2c(Cl)cc(Cl)nc2c1.Nc1ccn[nH]1.[H-].[Na+].[Na+]. The second-order valence-electron chi connectivity index (χ2n) is 20.8. The van der Waals surface area contributed by atoms with Gasteiger partial charge < -0.3 is 76.1 Å². The smallest absolute Gasteiger partial charge is 1.00 e. The summed E-state index contributed by atoms with van der Waals surface area (Å²) in [4.78, 5) is 82.8. The molecule has 10 rings (SSSR count). The van der Waals surface area contributed by atoms with E-state index >= 15 is 0 Å². The van der Waals surface area contributed by atoms with E-state index in [0.717, 1.165) is 90.9 Å². The number of nitrogen functional groups attached to an aromatic ring is 1. The first-order valence-electron chi connectivity index (χ1n) is 29.3. The molecule has 0 spiro atoms. The fourth-order valence-corrected chi connectivity index (χ4v) is 7.95. The van der Waals surface area contributed by atoms with Gasteiger partial charge in [-0.05, 0) is 117 Å². The monoisotopic (exact) mass is 1480 g/mol. The molecule has 0 unspecified atom stereocenters. The molecule has 536 valence electrons. The zero-order valence-electron chi connectivity index (χ0n) is 59.8. The molecule has 36 heteroatoms. The van der Waals surface area contributed by atoms with Gasteiger partial charge in [-0.2, -0.15) is 10.2 Å². The molecule has 3 aromatic carbocycles. The first kappa shape index (κ1) is 94.1. The van der Waals surface area contributed by atoms with E-state index in [1.165, 1.54) is 13.8 Å². The van der Waals surface area contributed by atoms with Crippen molar-refractivity contribution in [1.82, 2.24) is 54.9 Å². The number of methoxy groups -OCH3 is 3. The molecule has 30 nitrogen and oxygen atoms in total. The minimum absolute atomic E-state index is 0. The molecule has 0 atom stereocenters. The Morgan fingerprint density at radius 1 is 0.584 bits per heavy atom. The Hall–Kier alpha value is -8.92. The van der Waals surface area contributed by atoms with E-state index in [-0.39, 0.29) is 79.2 Å². The second kappa shape index (κ2) is 49.6. The number of Topliss-reactive ketones (excluding diaryl/α,β-unsaturated/α-hetero) is 1. The summed E-state index contributed by atoms with van der Waals surface area (Å²) in [5, 5.41) is 51.5. The van der Waals surface area contributed by atoms with Gasteiger partial charge in [0, 0.05) is 123 Å². The molecule has 0 aliphatic heterocycles. The van der Waals surface area contributed by atoms with Gasteiger partial charge in [-0.3, -0.25) is 34.2 Å². The van der Waals surface area contributed by atoms with Crippen LogP contribution in [-0.2, 0) is 42.7 Å². The third-order valence-electron chi connectivity index (χ3n) is 10.7. The summed E-state index contributed by atoms with van der Waals surface area (Å²) in [6.07, 6.45) is 7.00. The number of pyridine rings is 3. The van der Waals surface area contributed by atoms with Crippen LogP contribution >= 0.6 is 34.8 Å². The number of fused-ring (bicyclic) bond motifs is 3. The maximum atomic E-state index is 12.2. The Balaban J connectivity index is -0.00000114. The number of nitrogens with one attached hydrogen (secondary N) is 6. The van der Waals surface area contributed by atoms with Crippen LogP contribution in [0.15, 0.2) is 127 Å². The first-order chi connectivity index (χ1) is 46.1. The van der Waals surface area contributed by atoms with Crippen molar-refractivity contribution in [3.8, 4) is 28.9 Å². The molecule has 0 saturated heterocycles. The number of nitrogens with zero attached hydrogens (tertiary/aromatic N) is 8. The van der Waals surface area contributed by atoms with Crippen molar-refractivity contribution in [2.45, 2.75) is 116 Å². The zero-order chi connectivity index (χ0) is 73.8. The number of carbonyl (C=O) groups is 6. The molecular weight excluding hydrogens is 1390 g/mol. The molecule has 0 aliphatic rings. The van der Waals surface area contributed by atoms with Crippen molar-refractivity contribution < 1.29 is 128 Å². The predicted octanol–water partition coefficient (Wildman–Crippen LogP) is 5.08. The van der Waals surface area contributed by atoms with Crippen molar-refractivity contribution in [2.75, 3.05) is 43.0 Å². The predicted molar refractivity (Wildman–Crippen MR) is 384 cm³/mol. The number of H-pyrrole nitrogens is 3. The van der Waals surface area contributed by atoms with Gasteiger partial charge in [0.05, 0.1) is 60.3 Å². The Labute approximate surface area is 646 Å². The van der Waals surface area contributed by atoms with Crippen LogP contribution in [0.5, 0.6) is 17.2 Å². The van der Waals surface area contributed by atoms with E-state index in [0.29, 0.717) is 61.9 Å². The van der Waals surface area contributed by atoms with Crippen molar-refractivity contribution in [3.63, 3.8) is 0 Å². The molecular formula is C65H85BCl3N15Na2O15. The van der Waals surface area contributed by atoms with E-state index < -0.39 is 37.2 Å². The van der Waals surface area contributed by atoms with Gasteiger partial charge in [0.2, 0.25) is 0 Å². The van der Waals surface area contributed by atoms with Gasteiger partial charge in [0.1, 0.15) is 57.3 Å². The number of aromatic amines is 3. The number of rotatable bonds is 14. The van der Waals surface area contributed by atoms with Gasteiger partial charge >= 0.3 is 66.4 Å². The molecule has 0 amide bonds. The number of aliphatic carboxylic acids is 2. The van der Waals surface area contributed by atoms with Crippen molar-refractivity contribution in [3.05, 3.63) is 147 Å². The second-order valence-corrected chi connectivity index (χ2v) is 22.0. The minimum Gasteiger partial charge on any atom is -1.00 e. The average molecular weight is 1480 g/mol. The number of hydrogen-bond donors (Lipinski definition) is 8. The van der Waals surface area contributed by atoms with E-state index in [2.05, 4.69) is 103 Å². The van der Waals surface area contributed by atoms with Crippen LogP contribution in [0.3, 0.4) is 0 Å². The standard InChI is InChI=1S/C16H17ClN4O.C16H18N4O2.C10H7Cl2NO.C6H9BO6.C6H11N3.C3H5N3.C3H6O.2C2H4O2.CH4.2Na.H/c1-10(2)18-15-6-7-21(20-15)16-9-13(17)12-5-4-11(22-3)8-14(12)19-16;1-10(2)17-15-6-7-20(19-15)16-9-14(21)12-5-4-11(22-3)8-13(12)18-16;1-14-6-2-3-7-8(11)5-10(12)13-9(7)4-6;1-4(8)11-7(12-5(2)9)13-6(3)10;1-5(2)8-6-3-4-7-9-6;4-3-1-2-5-6-3;1-3(2)4;2*1-2(3)4;;;;/h4-10H,1-3H3,(H,18,20);4-10H,1-3H3,(H,17,19)(H,18,21);2-5H,1H3;1-3H3;3-5H,1-2H3,(H2,7,8,9);1-2H,(H3,4,5,6);1-2H3;2*1H3,(H,3,4);1H4;;;/q;;;;;;;;;;2*+1;-1/p-1. The number of halogens is 3. The molecule has 0 bridgehead atoms. The summed E-state index contributed by atoms with van der Waals surface area (Å²) in [5.41, 5.74) is 7.33. The number of anilines is 4. The summed E-state index contributed by atoms with van der Waals surface area (Å²) in [6.45, 7) is 20.8. The van der Waals surface area contributed by atoms with Crippen LogP contribution in [0.4, 0.5) is 23.3 Å². The van der Waals surface area contributed by atoms with Gasteiger partial charge in [-0.15, -0.1) is 10.2 Å². The van der Waals surface area contributed by atoms with Crippen LogP contribution in [0.2, 0.25) is 15.2 Å². The fraction of sp³-hybridized carbons (Fsp3) is 0.308. The fourth-order valence-electron chi connectivity index (χ4n) is 7.18. The summed E-state index contributed by atoms with van der Waals surface area (Å²) in [7, 11) is 3.24. The van der Waals surface area contributed by atoms with Crippen LogP contribution in [0.25, 0.3) is 44.3 Å². The Bertz CT molecular complexity index is 4130. The summed E-state index contributed by atoms with van der Waals surface area (Å²) >= 11 is 18.1. The molecule has 101 heavy (non-hydrogen) atoms. The van der Waals surface area contributed by atoms with Gasteiger partial charge in [0.15, 0.2) is 11.2 Å². The Kier molecular flexibility index (Phi) is 46.2. The molecule has 0 fully saturated rings. The molecule has 0 saturated carbocycles. The molecule has 10 aromatic rings. The van der Waals surface area contributed by atoms with E-state index in [4.69, 9.17) is 74.5 Å². The number of carbonyl (C=O) groups excluding carboxylic acids is 5. The van der Waals surface area contributed by atoms with Crippen molar-refractivity contribution in [1.29, 1.82) is 0 Å². The molecule has 7 heterocycles. The maximum Gasteiger partial charge on any atom is 1.00 e. The number of carboxylic acids is 2. The summed E-state index contributed by atoms with van der Waals surface area (Å²) < 4.78 is 31.9. The van der Waals surface area contributed by atoms with E-state index in [1.807, 2.05) is 80.8 Å². The normalized spacial score (nSPS) is 9.56. The molecule has 7 aromatic heterocycles. The Morgan fingerprint density at radius 2 is 0.990 bits per heavy atom. The number of benzene rings is 3. The van der Waals surface area contributed by atoms with Crippen molar-refractivity contribution >= 4 is 134 Å². The molecule has 9 N–H and O–H groups in total. The number of hydrogen-bond acceptors (Lipinski definition) is 24. The van der Waals surface area contributed by atoms with E-state index in [1.54, 1.807) is 85.6 Å². The first-order valence-corrected chi connectivity index (χ1v) is 30.4. The summed E-state index contributed by atoms with van der Waals surface area (Å²) in [6, 6.07) is 29.9. The topological polar surface area (TPSA) is 415 Å². The quantitative estimate of drug-likeness (QED) is 0.0520. The molecule has 0 radical (unpaired) electrons.